The number of ether oxygens (including phenoxy) is 2. The van der Waals surface area contributed by atoms with Gasteiger partial charge in [0.2, 0.25) is 0 Å². The monoisotopic (exact) mass is 428 g/mol. The van der Waals surface area contributed by atoms with Gasteiger partial charge >= 0.3 is 11.9 Å². The number of hydrogen-bond acceptors (Lipinski definition) is 4. The van der Waals surface area contributed by atoms with Gasteiger partial charge in [-0.15, -0.1) is 0 Å². The fourth-order valence-electron chi connectivity index (χ4n) is 3.62. The van der Waals surface area contributed by atoms with E-state index in [0.29, 0.717) is 22.8 Å². The molecule has 0 saturated carbocycles. The molecule has 0 amide bonds. The number of rotatable bonds is 7. The summed E-state index contributed by atoms with van der Waals surface area (Å²) in [5, 5.41) is 0. The van der Waals surface area contributed by atoms with Crippen molar-refractivity contribution in [1.29, 1.82) is 0 Å². The van der Waals surface area contributed by atoms with E-state index in [1.807, 2.05) is 72.8 Å². The van der Waals surface area contributed by atoms with Crippen LogP contribution in [-0.2, 0) is 9.47 Å². The number of H-pyrrole nitrogens is 2. The molecule has 6 nitrogen and oxygen atoms in total. The molecule has 6 heteroatoms. The molecule has 2 heterocycles. The predicted octanol–water partition coefficient (Wildman–Crippen LogP) is 5.70. The molecule has 2 N–H and O–H groups in total. The molecule has 0 aliphatic carbocycles. The van der Waals surface area contributed by atoms with Gasteiger partial charge in [0, 0.05) is 11.1 Å². The largest absolute Gasteiger partial charge is 0.461 e. The molecule has 0 atom stereocenters. The minimum atomic E-state index is -0.432. The van der Waals surface area contributed by atoms with Crippen molar-refractivity contribution in [2.45, 2.75) is 13.8 Å². The third kappa shape index (κ3) is 4.21. The molecule has 4 rings (SSSR count). The number of carbonyl (C=O) groups excluding carboxylic acids is 2. The zero-order valence-corrected chi connectivity index (χ0v) is 18.0. The quantitative estimate of drug-likeness (QED) is 0.370. The van der Waals surface area contributed by atoms with E-state index in [-0.39, 0.29) is 13.2 Å². The molecule has 0 fully saturated rings. The van der Waals surface area contributed by atoms with Crippen LogP contribution in [0.1, 0.15) is 34.8 Å². The van der Waals surface area contributed by atoms with Gasteiger partial charge in [-0.3, -0.25) is 0 Å². The Morgan fingerprint density at radius 3 is 1.38 bits per heavy atom. The highest BCUT2D eigenvalue weighted by Gasteiger charge is 2.23. The number of benzene rings is 2. The SMILES string of the molecule is CCOC(=O)c1[nH]c(-c2cc(-c3ccccc3)c(C(=O)OCC)[nH]2)cc1-c1ccccc1. The number of aromatic amines is 2. The van der Waals surface area contributed by atoms with Crippen molar-refractivity contribution in [1.82, 2.24) is 9.97 Å². The molecule has 0 unspecified atom stereocenters. The minimum Gasteiger partial charge on any atom is -0.461 e. The van der Waals surface area contributed by atoms with Crippen LogP contribution in [0.3, 0.4) is 0 Å². The summed E-state index contributed by atoms with van der Waals surface area (Å²) >= 11 is 0. The normalized spacial score (nSPS) is 10.7. The Balaban J connectivity index is 1.84. The van der Waals surface area contributed by atoms with Gasteiger partial charge in [0.15, 0.2) is 0 Å². The van der Waals surface area contributed by atoms with E-state index in [2.05, 4.69) is 9.97 Å². The zero-order valence-electron chi connectivity index (χ0n) is 18.0. The van der Waals surface area contributed by atoms with Gasteiger partial charge in [-0.05, 0) is 37.1 Å². The van der Waals surface area contributed by atoms with Crippen LogP contribution >= 0.6 is 0 Å². The Labute approximate surface area is 186 Å². The van der Waals surface area contributed by atoms with Crippen molar-refractivity contribution in [3.63, 3.8) is 0 Å². The number of nitrogens with one attached hydrogen (secondary N) is 2. The van der Waals surface area contributed by atoms with Crippen molar-refractivity contribution in [2.75, 3.05) is 13.2 Å². The number of esters is 2. The fraction of sp³-hybridized carbons (Fsp3) is 0.154. The number of carbonyl (C=O) groups is 2. The lowest BCUT2D eigenvalue weighted by atomic mass is 10.0. The molecular weight excluding hydrogens is 404 g/mol. The fourth-order valence-corrected chi connectivity index (χ4v) is 3.62. The van der Waals surface area contributed by atoms with Crippen LogP contribution in [0, 0.1) is 0 Å². The van der Waals surface area contributed by atoms with Crippen LogP contribution in [0.5, 0.6) is 0 Å². The summed E-state index contributed by atoms with van der Waals surface area (Å²) in [4.78, 5) is 31.6. The molecule has 32 heavy (non-hydrogen) atoms. The molecule has 0 aliphatic heterocycles. The summed E-state index contributed by atoms with van der Waals surface area (Å²) in [5.74, 6) is -0.865. The first-order chi connectivity index (χ1) is 15.6. The van der Waals surface area contributed by atoms with Gasteiger partial charge < -0.3 is 19.4 Å². The molecule has 2 aromatic carbocycles. The Hall–Kier alpha value is -4.06. The van der Waals surface area contributed by atoms with Crippen molar-refractivity contribution in [2.24, 2.45) is 0 Å². The van der Waals surface area contributed by atoms with Crippen LogP contribution in [0.15, 0.2) is 72.8 Å². The molecule has 162 valence electrons. The van der Waals surface area contributed by atoms with E-state index in [9.17, 15) is 9.59 Å². The number of aromatic nitrogens is 2. The highest BCUT2D eigenvalue weighted by Crippen LogP contribution is 2.34. The molecule has 0 spiro atoms. The van der Waals surface area contributed by atoms with E-state index in [1.54, 1.807) is 13.8 Å². The first-order valence-electron chi connectivity index (χ1n) is 10.5. The van der Waals surface area contributed by atoms with Gasteiger partial charge in [0.1, 0.15) is 11.4 Å². The summed E-state index contributed by atoms with van der Waals surface area (Å²) in [6, 6.07) is 23.0. The van der Waals surface area contributed by atoms with Crippen molar-refractivity contribution < 1.29 is 19.1 Å². The summed E-state index contributed by atoms with van der Waals surface area (Å²) in [6.07, 6.45) is 0. The predicted molar refractivity (Wildman–Crippen MR) is 123 cm³/mol. The maximum absolute atomic E-state index is 12.6. The molecule has 4 aromatic rings. The van der Waals surface area contributed by atoms with Gasteiger partial charge in [0.25, 0.3) is 0 Å². The van der Waals surface area contributed by atoms with Crippen LogP contribution in [-0.4, -0.2) is 35.1 Å². The number of hydrogen-bond donors (Lipinski definition) is 2. The second kappa shape index (κ2) is 9.39. The highest BCUT2D eigenvalue weighted by molar-refractivity contribution is 5.99. The topological polar surface area (TPSA) is 84.2 Å². The molecule has 0 aliphatic rings. The van der Waals surface area contributed by atoms with Gasteiger partial charge in [-0.25, -0.2) is 9.59 Å². The summed E-state index contributed by atoms with van der Waals surface area (Å²) in [7, 11) is 0. The molecular formula is C26H24N2O4. The maximum Gasteiger partial charge on any atom is 0.355 e. The summed E-state index contributed by atoms with van der Waals surface area (Å²) < 4.78 is 10.5. The van der Waals surface area contributed by atoms with Crippen molar-refractivity contribution in [3.05, 3.63) is 84.2 Å². The first kappa shape index (κ1) is 21.2. The van der Waals surface area contributed by atoms with E-state index in [1.165, 1.54) is 0 Å². The highest BCUT2D eigenvalue weighted by atomic mass is 16.5. The van der Waals surface area contributed by atoms with Gasteiger partial charge in [-0.1, -0.05) is 60.7 Å². The lowest BCUT2D eigenvalue weighted by Gasteiger charge is -2.03. The van der Waals surface area contributed by atoms with E-state index < -0.39 is 11.9 Å². The lowest BCUT2D eigenvalue weighted by Crippen LogP contribution is -2.07. The molecule has 0 radical (unpaired) electrons. The Morgan fingerprint density at radius 2 is 1.03 bits per heavy atom. The second-order valence-electron chi connectivity index (χ2n) is 7.12. The third-order valence-electron chi connectivity index (χ3n) is 5.05. The smallest absolute Gasteiger partial charge is 0.355 e. The van der Waals surface area contributed by atoms with Crippen molar-refractivity contribution >= 4 is 11.9 Å². The van der Waals surface area contributed by atoms with E-state index in [0.717, 1.165) is 22.3 Å². The van der Waals surface area contributed by atoms with Crippen LogP contribution in [0.4, 0.5) is 0 Å². The lowest BCUT2D eigenvalue weighted by molar-refractivity contribution is 0.0511. The zero-order chi connectivity index (χ0) is 22.5. The second-order valence-corrected chi connectivity index (χ2v) is 7.12. The van der Waals surface area contributed by atoms with Crippen molar-refractivity contribution in [3.8, 4) is 33.6 Å². The Kier molecular flexibility index (Phi) is 6.22. The first-order valence-corrected chi connectivity index (χ1v) is 10.5. The van der Waals surface area contributed by atoms with E-state index in [4.69, 9.17) is 9.47 Å². The Morgan fingerprint density at radius 1 is 0.656 bits per heavy atom. The van der Waals surface area contributed by atoms with Gasteiger partial charge in [0.05, 0.1) is 24.6 Å². The third-order valence-corrected chi connectivity index (χ3v) is 5.05. The average molecular weight is 428 g/mol. The Bertz CT molecular complexity index is 1130. The van der Waals surface area contributed by atoms with E-state index >= 15 is 0 Å². The minimum absolute atomic E-state index is 0.273. The van der Waals surface area contributed by atoms with Crippen LogP contribution in [0.25, 0.3) is 33.6 Å². The average Bonchev–Trinajstić information content (AvgIpc) is 3.46. The van der Waals surface area contributed by atoms with Crippen LogP contribution < -0.4 is 0 Å². The summed E-state index contributed by atoms with van der Waals surface area (Å²) in [5.41, 5.74) is 5.29. The molecule has 2 aromatic heterocycles. The standard InChI is InChI=1S/C26H24N2O4/c1-3-31-25(29)23-19(17-11-7-5-8-12-17)15-21(27-23)22-16-20(18-13-9-6-10-14-18)24(28-22)26(30)32-4-2/h5-16,27-28H,3-4H2,1-2H3. The maximum atomic E-state index is 12.6. The van der Waals surface area contributed by atoms with Gasteiger partial charge in [-0.2, -0.15) is 0 Å². The summed E-state index contributed by atoms with van der Waals surface area (Å²) in [6.45, 7) is 4.09. The van der Waals surface area contributed by atoms with Crippen LogP contribution in [0.2, 0.25) is 0 Å². The molecule has 0 saturated heterocycles. The molecule has 0 bridgehead atoms.